The van der Waals surface area contributed by atoms with Gasteiger partial charge in [-0.05, 0) is 23.1 Å². The van der Waals surface area contributed by atoms with Gasteiger partial charge in [0.25, 0.3) is 0 Å². The van der Waals surface area contributed by atoms with Crippen molar-refractivity contribution in [2.45, 2.75) is 32.5 Å². The number of carbonyl (C=O) groups is 1. The maximum atomic E-state index is 12.4. The Kier molecular flexibility index (Phi) is 6.90. The highest BCUT2D eigenvalue weighted by Gasteiger charge is 2.36. The third-order valence-electron chi connectivity index (χ3n) is 5.90. The lowest BCUT2D eigenvalue weighted by molar-refractivity contribution is -0.111. The van der Waals surface area contributed by atoms with E-state index in [0.29, 0.717) is 12.3 Å². The monoisotopic (exact) mass is 411 g/mol. The van der Waals surface area contributed by atoms with Crippen molar-refractivity contribution in [1.82, 2.24) is 10.3 Å². The van der Waals surface area contributed by atoms with Crippen molar-refractivity contribution in [3.63, 3.8) is 0 Å². The van der Waals surface area contributed by atoms with Gasteiger partial charge in [-0.25, -0.2) is 0 Å². The first kappa shape index (κ1) is 21.0. The summed E-state index contributed by atoms with van der Waals surface area (Å²) in [5.41, 5.74) is 7.56. The summed E-state index contributed by atoms with van der Waals surface area (Å²) in [7, 11) is 0. The molecule has 0 fully saturated rings. The molecule has 1 N–H and O–H groups in total. The summed E-state index contributed by atoms with van der Waals surface area (Å²) in [6, 6.07) is 31.8. The molecule has 31 heavy (non-hydrogen) atoms. The molecule has 1 heterocycles. The molecular weight excluding hydrogens is 382 g/mol. The summed E-state index contributed by atoms with van der Waals surface area (Å²) in [4.78, 5) is 14.9. The SMILES string of the molecule is CC(=O)C1=NNC[C@@H]1[C@@H](Cc1ccccc1)N(Cc1ccccc1)Cc1ccccc1. The average Bonchev–Trinajstić information content (AvgIpc) is 3.29. The second-order valence-electron chi connectivity index (χ2n) is 8.16. The van der Waals surface area contributed by atoms with Gasteiger partial charge < -0.3 is 5.43 Å². The second-order valence-corrected chi connectivity index (χ2v) is 8.16. The minimum absolute atomic E-state index is 0.0464. The van der Waals surface area contributed by atoms with Crippen molar-refractivity contribution in [3.8, 4) is 0 Å². The van der Waals surface area contributed by atoms with Crippen LogP contribution in [-0.4, -0.2) is 29.0 Å². The van der Waals surface area contributed by atoms with Gasteiger partial charge in [-0.2, -0.15) is 5.10 Å². The fraction of sp³-hybridized carbons (Fsp3) is 0.259. The van der Waals surface area contributed by atoms with E-state index in [4.69, 9.17) is 0 Å². The smallest absolute Gasteiger partial charge is 0.176 e. The van der Waals surface area contributed by atoms with E-state index in [9.17, 15) is 4.79 Å². The Hall–Kier alpha value is -3.24. The van der Waals surface area contributed by atoms with Crippen LogP contribution >= 0.6 is 0 Å². The van der Waals surface area contributed by atoms with Gasteiger partial charge in [-0.1, -0.05) is 91.0 Å². The van der Waals surface area contributed by atoms with Crippen LogP contribution in [0.3, 0.4) is 0 Å². The summed E-state index contributed by atoms with van der Waals surface area (Å²) in [6.45, 7) is 3.94. The van der Waals surface area contributed by atoms with Crippen molar-refractivity contribution < 1.29 is 4.79 Å². The third-order valence-corrected chi connectivity index (χ3v) is 5.90. The van der Waals surface area contributed by atoms with Gasteiger partial charge >= 0.3 is 0 Å². The second kappa shape index (κ2) is 10.2. The number of rotatable bonds is 9. The van der Waals surface area contributed by atoms with E-state index in [1.54, 1.807) is 6.92 Å². The molecule has 158 valence electrons. The van der Waals surface area contributed by atoms with E-state index in [2.05, 4.69) is 88.2 Å². The van der Waals surface area contributed by atoms with Gasteiger partial charge in [0.05, 0.1) is 0 Å². The molecular formula is C27H29N3O. The molecule has 4 heteroatoms. The minimum Gasteiger partial charge on any atom is -0.309 e. The maximum absolute atomic E-state index is 12.4. The summed E-state index contributed by atoms with van der Waals surface area (Å²) >= 11 is 0. The summed E-state index contributed by atoms with van der Waals surface area (Å²) < 4.78 is 0. The molecule has 0 amide bonds. The number of nitrogens with one attached hydrogen (secondary N) is 1. The Labute approximate surface area is 184 Å². The normalized spacial score (nSPS) is 16.6. The van der Waals surface area contributed by atoms with Gasteiger partial charge in [-0.15, -0.1) is 0 Å². The van der Waals surface area contributed by atoms with Crippen molar-refractivity contribution in [2.24, 2.45) is 11.0 Å². The number of benzene rings is 3. The summed E-state index contributed by atoms with van der Waals surface area (Å²) in [6.07, 6.45) is 0.860. The lowest BCUT2D eigenvalue weighted by atomic mass is 9.87. The van der Waals surface area contributed by atoms with E-state index in [0.717, 1.165) is 19.5 Å². The van der Waals surface area contributed by atoms with Crippen molar-refractivity contribution in [3.05, 3.63) is 108 Å². The Morgan fingerprint density at radius 3 is 1.84 bits per heavy atom. The van der Waals surface area contributed by atoms with Crippen LogP contribution in [0.15, 0.2) is 96.1 Å². The van der Waals surface area contributed by atoms with Gasteiger partial charge in [0.1, 0.15) is 5.71 Å². The minimum atomic E-state index is 0.0464. The number of carbonyl (C=O) groups excluding carboxylic acids is 1. The first-order chi connectivity index (χ1) is 15.2. The average molecular weight is 412 g/mol. The van der Waals surface area contributed by atoms with Crippen LogP contribution in [0, 0.1) is 5.92 Å². The molecule has 3 aromatic rings. The molecule has 0 aliphatic carbocycles. The molecule has 1 aliphatic rings. The molecule has 2 atom stereocenters. The van der Waals surface area contributed by atoms with Gasteiger partial charge in [0.2, 0.25) is 0 Å². The molecule has 0 bridgehead atoms. The zero-order valence-corrected chi connectivity index (χ0v) is 17.9. The van der Waals surface area contributed by atoms with E-state index in [-0.39, 0.29) is 17.7 Å². The first-order valence-corrected chi connectivity index (χ1v) is 10.9. The highest BCUT2D eigenvalue weighted by atomic mass is 16.1. The maximum Gasteiger partial charge on any atom is 0.176 e. The van der Waals surface area contributed by atoms with Crippen LogP contribution in [0.5, 0.6) is 0 Å². The van der Waals surface area contributed by atoms with Crippen LogP contribution < -0.4 is 5.43 Å². The zero-order chi connectivity index (χ0) is 21.5. The fourth-order valence-corrected chi connectivity index (χ4v) is 4.37. The number of hydrogen-bond acceptors (Lipinski definition) is 4. The topological polar surface area (TPSA) is 44.7 Å². The molecule has 0 radical (unpaired) electrons. The predicted octanol–water partition coefficient (Wildman–Crippen LogP) is 4.46. The largest absolute Gasteiger partial charge is 0.309 e. The number of ketones is 1. The van der Waals surface area contributed by atoms with Crippen molar-refractivity contribution in [1.29, 1.82) is 0 Å². The number of nitrogens with zero attached hydrogens (tertiary/aromatic N) is 2. The van der Waals surface area contributed by atoms with Gasteiger partial charge in [0, 0.05) is 38.5 Å². The highest BCUT2D eigenvalue weighted by molar-refractivity contribution is 6.40. The Morgan fingerprint density at radius 1 is 0.871 bits per heavy atom. The molecule has 0 spiro atoms. The lowest BCUT2D eigenvalue weighted by Crippen LogP contribution is -2.46. The quantitative estimate of drug-likeness (QED) is 0.565. The molecule has 4 rings (SSSR count). The van der Waals surface area contributed by atoms with E-state index in [1.165, 1.54) is 16.7 Å². The van der Waals surface area contributed by atoms with Crippen LogP contribution in [0.4, 0.5) is 0 Å². The van der Waals surface area contributed by atoms with Gasteiger partial charge in [0.15, 0.2) is 5.78 Å². The summed E-state index contributed by atoms with van der Waals surface area (Å²) in [5, 5.41) is 4.37. The van der Waals surface area contributed by atoms with Crippen molar-refractivity contribution >= 4 is 11.5 Å². The van der Waals surface area contributed by atoms with Gasteiger partial charge in [-0.3, -0.25) is 9.69 Å². The third kappa shape index (κ3) is 5.47. The Morgan fingerprint density at radius 2 is 1.35 bits per heavy atom. The number of Topliss-reactive ketones (excluding diaryl/α,β-unsaturated/α-hetero) is 1. The molecule has 0 saturated carbocycles. The van der Waals surface area contributed by atoms with E-state index < -0.39 is 0 Å². The van der Waals surface area contributed by atoms with Crippen LogP contribution in [0.25, 0.3) is 0 Å². The van der Waals surface area contributed by atoms with E-state index in [1.807, 2.05) is 18.2 Å². The van der Waals surface area contributed by atoms with E-state index >= 15 is 0 Å². The standard InChI is InChI=1S/C27H29N3O/c1-21(31)27-25(18-28-29-27)26(17-22-11-5-2-6-12-22)30(19-23-13-7-3-8-14-23)20-24-15-9-4-10-16-24/h2-16,25-26,28H,17-20H2,1H3/t25-,26-/m1/s1. The molecule has 0 saturated heterocycles. The number of hydrogen-bond donors (Lipinski definition) is 1. The zero-order valence-electron chi connectivity index (χ0n) is 17.9. The van der Waals surface area contributed by atoms with Crippen LogP contribution in [0.1, 0.15) is 23.6 Å². The van der Waals surface area contributed by atoms with Crippen LogP contribution in [-0.2, 0) is 24.3 Å². The first-order valence-electron chi connectivity index (χ1n) is 10.9. The van der Waals surface area contributed by atoms with Crippen molar-refractivity contribution in [2.75, 3.05) is 6.54 Å². The molecule has 0 aromatic heterocycles. The van der Waals surface area contributed by atoms with Crippen LogP contribution in [0.2, 0.25) is 0 Å². The number of hydrazone groups is 1. The highest BCUT2D eigenvalue weighted by Crippen LogP contribution is 2.25. The summed E-state index contributed by atoms with van der Waals surface area (Å²) in [5.74, 6) is 0.0950. The molecule has 0 unspecified atom stereocenters. The molecule has 4 nitrogen and oxygen atoms in total. The predicted molar refractivity (Wildman–Crippen MR) is 126 cm³/mol. The Balaban J connectivity index is 1.70. The Bertz CT molecular complexity index is 961. The lowest BCUT2D eigenvalue weighted by Gasteiger charge is -2.36. The molecule has 1 aliphatic heterocycles. The fourth-order valence-electron chi connectivity index (χ4n) is 4.37. The molecule has 3 aromatic carbocycles.